The number of esters is 1. The second-order valence-electron chi connectivity index (χ2n) is 7.36. The number of Topliss-reactive ketones (excluding diaryl/α,β-unsaturated/α-hetero) is 1. The van der Waals surface area contributed by atoms with Crippen molar-refractivity contribution in [2.24, 2.45) is 0 Å². The van der Waals surface area contributed by atoms with Crippen molar-refractivity contribution in [3.05, 3.63) is 34.5 Å². The number of fused-ring (bicyclic) bond motifs is 1. The number of hydrogen-bond acceptors (Lipinski definition) is 7. The van der Waals surface area contributed by atoms with E-state index in [0.29, 0.717) is 13.0 Å². The van der Waals surface area contributed by atoms with Crippen molar-refractivity contribution in [1.82, 2.24) is 4.90 Å². The molecule has 2 heterocycles. The number of allylic oxidation sites excluding steroid dienone is 1. The minimum atomic E-state index is -0.550. The fraction of sp³-hybridized carbons (Fsp3) is 0.476. The molecule has 1 aromatic rings. The van der Waals surface area contributed by atoms with Gasteiger partial charge in [-0.05, 0) is 44.4 Å². The van der Waals surface area contributed by atoms with Gasteiger partial charge < -0.3 is 19.5 Å². The third-order valence-electron chi connectivity index (χ3n) is 5.60. The van der Waals surface area contributed by atoms with E-state index in [1.807, 2.05) is 20.8 Å². The number of rotatable bonds is 5. The Morgan fingerprint density at radius 3 is 2.68 bits per heavy atom. The molecule has 0 amide bonds. The summed E-state index contributed by atoms with van der Waals surface area (Å²) in [5, 5.41) is 10.2. The van der Waals surface area contributed by atoms with Gasteiger partial charge in [0.05, 0.1) is 19.0 Å². The number of nitrogens with zero attached hydrogens (tertiary/aromatic N) is 1. The molecule has 0 spiro atoms. The Hall–Kier alpha value is -2.83. The molecule has 1 N–H and O–H groups in total. The fourth-order valence-electron chi connectivity index (χ4n) is 3.63. The number of phenols is 1. The fourth-order valence-corrected chi connectivity index (χ4v) is 3.63. The summed E-state index contributed by atoms with van der Waals surface area (Å²) in [5.74, 6) is -0.327. The van der Waals surface area contributed by atoms with Crippen molar-refractivity contribution in [2.75, 3.05) is 13.2 Å². The van der Waals surface area contributed by atoms with Crippen molar-refractivity contribution in [3.8, 4) is 11.5 Å². The number of carbonyl (C=O) groups is 3. The number of benzene rings is 1. The van der Waals surface area contributed by atoms with Gasteiger partial charge in [0.15, 0.2) is 0 Å². The average molecular weight is 387 g/mol. The maximum absolute atomic E-state index is 12.2. The zero-order valence-corrected chi connectivity index (χ0v) is 16.6. The monoisotopic (exact) mass is 387 g/mol. The topological polar surface area (TPSA) is 93.1 Å². The average Bonchev–Trinajstić information content (AvgIpc) is 3.08. The summed E-state index contributed by atoms with van der Waals surface area (Å²) >= 11 is 0. The molecular weight excluding hydrogens is 362 g/mol. The second kappa shape index (κ2) is 7.66. The first kappa shape index (κ1) is 19.9. The molecule has 0 aliphatic carbocycles. The highest BCUT2D eigenvalue weighted by Gasteiger charge is 2.31. The molecule has 7 nitrogen and oxygen atoms in total. The smallest absolute Gasteiger partial charge is 0.309 e. The Morgan fingerprint density at radius 1 is 1.25 bits per heavy atom. The third-order valence-corrected chi connectivity index (χ3v) is 5.60. The van der Waals surface area contributed by atoms with Crippen LogP contribution >= 0.6 is 0 Å². The van der Waals surface area contributed by atoms with E-state index in [9.17, 15) is 19.5 Å². The summed E-state index contributed by atoms with van der Waals surface area (Å²) in [7, 11) is 0. The number of carbonyl (C=O) groups excluding carboxylic acids is 3. The van der Waals surface area contributed by atoms with Crippen LogP contribution in [0.15, 0.2) is 12.3 Å². The van der Waals surface area contributed by atoms with Gasteiger partial charge in [-0.3, -0.25) is 14.4 Å². The minimum Gasteiger partial charge on any atom is -0.507 e. The lowest BCUT2D eigenvalue weighted by molar-refractivity contribution is -0.146. The van der Waals surface area contributed by atoms with Gasteiger partial charge in [0.2, 0.25) is 11.6 Å². The second-order valence-corrected chi connectivity index (χ2v) is 7.36. The number of ketones is 2. The Kier molecular flexibility index (Phi) is 5.45. The Bertz CT molecular complexity index is 835. The van der Waals surface area contributed by atoms with Crippen LogP contribution in [0.25, 0.3) is 0 Å². The largest absolute Gasteiger partial charge is 0.507 e. The summed E-state index contributed by atoms with van der Waals surface area (Å²) in [5.41, 5.74) is 3.41. The van der Waals surface area contributed by atoms with E-state index < -0.39 is 17.6 Å². The molecule has 0 radical (unpaired) electrons. The van der Waals surface area contributed by atoms with E-state index in [1.54, 1.807) is 18.0 Å². The highest BCUT2D eigenvalue weighted by Crippen LogP contribution is 2.42. The van der Waals surface area contributed by atoms with Crippen molar-refractivity contribution >= 4 is 17.5 Å². The van der Waals surface area contributed by atoms with E-state index in [2.05, 4.69) is 0 Å². The van der Waals surface area contributed by atoms with Crippen LogP contribution in [0.2, 0.25) is 0 Å². The first-order chi connectivity index (χ1) is 13.2. The molecule has 150 valence electrons. The molecule has 7 heteroatoms. The molecule has 2 atom stereocenters. The van der Waals surface area contributed by atoms with Crippen LogP contribution in [0, 0.1) is 20.8 Å². The molecule has 0 fully saturated rings. The van der Waals surface area contributed by atoms with Crippen molar-refractivity contribution in [2.45, 2.75) is 52.7 Å². The molecule has 2 aliphatic heterocycles. The molecule has 0 bridgehead atoms. The van der Waals surface area contributed by atoms with Crippen molar-refractivity contribution in [3.63, 3.8) is 0 Å². The van der Waals surface area contributed by atoms with Gasteiger partial charge in [0.1, 0.15) is 24.2 Å². The highest BCUT2D eigenvalue weighted by atomic mass is 16.5. The lowest BCUT2D eigenvalue weighted by Crippen LogP contribution is -2.43. The van der Waals surface area contributed by atoms with Crippen LogP contribution in [-0.4, -0.2) is 52.8 Å². The lowest BCUT2D eigenvalue weighted by Gasteiger charge is -2.28. The number of phenolic OH excluding ortho intramolecular Hbond substituents is 1. The van der Waals surface area contributed by atoms with Crippen LogP contribution in [0.1, 0.15) is 35.6 Å². The van der Waals surface area contributed by atoms with Crippen molar-refractivity contribution < 1.29 is 29.0 Å². The first-order valence-corrected chi connectivity index (χ1v) is 9.36. The summed E-state index contributed by atoms with van der Waals surface area (Å²) < 4.78 is 11.2. The molecule has 2 aliphatic rings. The molecule has 1 aromatic carbocycles. The first-order valence-electron chi connectivity index (χ1n) is 9.36. The van der Waals surface area contributed by atoms with Crippen LogP contribution in [0.5, 0.6) is 11.5 Å². The number of hydrogen-bond donors (Lipinski definition) is 1. The van der Waals surface area contributed by atoms with E-state index in [4.69, 9.17) is 9.47 Å². The highest BCUT2D eigenvalue weighted by molar-refractivity contribution is 6.43. The Morgan fingerprint density at radius 2 is 1.96 bits per heavy atom. The molecule has 3 rings (SSSR count). The van der Waals surface area contributed by atoms with Crippen LogP contribution in [-0.2, 0) is 25.5 Å². The van der Waals surface area contributed by atoms with Crippen molar-refractivity contribution in [1.29, 1.82) is 0 Å². The minimum absolute atomic E-state index is 0.107. The van der Waals surface area contributed by atoms with Gasteiger partial charge in [-0.1, -0.05) is 0 Å². The van der Waals surface area contributed by atoms with Gasteiger partial charge in [-0.2, -0.15) is 0 Å². The lowest BCUT2D eigenvalue weighted by atomic mass is 9.96. The van der Waals surface area contributed by atoms with Crippen LogP contribution in [0.4, 0.5) is 0 Å². The molecule has 2 unspecified atom stereocenters. The van der Waals surface area contributed by atoms with Gasteiger partial charge in [-0.25, -0.2) is 0 Å². The Labute approximate surface area is 163 Å². The summed E-state index contributed by atoms with van der Waals surface area (Å²) in [6.45, 7) is 7.69. The van der Waals surface area contributed by atoms with E-state index in [-0.39, 0.29) is 30.9 Å². The summed E-state index contributed by atoms with van der Waals surface area (Å²) in [6.07, 6.45) is 3.12. The van der Waals surface area contributed by atoms with E-state index in [0.717, 1.165) is 28.0 Å². The maximum Gasteiger partial charge on any atom is 0.309 e. The van der Waals surface area contributed by atoms with E-state index in [1.165, 1.54) is 6.08 Å². The number of ether oxygens (including phenoxy) is 2. The molecule has 28 heavy (non-hydrogen) atoms. The standard InChI is InChI=1S/C21H25NO6/c1-11-12(2)21-16(13(3)19(11)25)9-15(28-21)10-18(24)27-8-7-22-6-5-17(23)20(26)14(22)4/h5-6,14-15,25H,7-10H2,1-4H3. The maximum atomic E-state index is 12.2. The predicted octanol–water partition coefficient (Wildman–Crippen LogP) is 1.91. The van der Waals surface area contributed by atoms with Crippen LogP contribution < -0.4 is 4.74 Å². The van der Waals surface area contributed by atoms with Gasteiger partial charge in [-0.15, -0.1) is 0 Å². The van der Waals surface area contributed by atoms with Crippen LogP contribution in [0.3, 0.4) is 0 Å². The Balaban J connectivity index is 1.52. The summed E-state index contributed by atoms with van der Waals surface area (Å²) in [4.78, 5) is 36.9. The molecule has 0 aromatic heterocycles. The molecular formula is C21H25NO6. The number of aromatic hydroxyl groups is 1. The molecule has 0 saturated heterocycles. The van der Waals surface area contributed by atoms with Gasteiger partial charge in [0.25, 0.3) is 0 Å². The van der Waals surface area contributed by atoms with E-state index >= 15 is 0 Å². The zero-order chi connectivity index (χ0) is 20.6. The SMILES string of the molecule is Cc1c(C)c2c(c(C)c1O)CC(CC(=O)OCCN1C=CC(=O)C(=O)C1C)O2. The van der Waals surface area contributed by atoms with Gasteiger partial charge in [0, 0.05) is 24.3 Å². The summed E-state index contributed by atoms with van der Waals surface area (Å²) in [6, 6.07) is -0.550. The van der Waals surface area contributed by atoms with Gasteiger partial charge >= 0.3 is 5.97 Å². The molecule has 0 saturated carbocycles. The normalized spacial score (nSPS) is 20.9. The third kappa shape index (κ3) is 3.61. The predicted molar refractivity (Wildman–Crippen MR) is 101 cm³/mol. The zero-order valence-electron chi connectivity index (χ0n) is 16.6. The quantitative estimate of drug-likeness (QED) is 0.609.